The first kappa shape index (κ1) is 19.2. The minimum absolute atomic E-state index is 0.120. The number of halogens is 1. The highest BCUT2D eigenvalue weighted by atomic mass is 19.1. The van der Waals surface area contributed by atoms with Crippen molar-refractivity contribution in [1.82, 2.24) is 4.90 Å². The summed E-state index contributed by atoms with van der Waals surface area (Å²) < 4.78 is 18.1. The maximum atomic E-state index is 12.9. The highest BCUT2D eigenvalue weighted by Gasteiger charge is 2.11. The van der Waals surface area contributed by atoms with Gasteiger partial charge in [-0.25, -0.2) is 4.39 Å². The zero-order chi connectivity index (χ0) is 19.1. The van der Waals surface area contributed by atoms with Gasteiger partial charge in [-0.05, 0) is 49.4 Å². The average molecular weight is 356 g/mol. The quantitative estimate of drug-likeness (QED) is 0.809. The van der Waals surface area contributed by atoms with Crippen LogP contribution in [0.15, 0.2) is 48.5 Å². The summed E-state index contributed by atoms with van der Waals surface area (Å²) in [7, 11) is 3.10. The van der Waals surface area contributed by atoms with Crippen LogP contribution < -0.4 is 10.1 Å². The molecule has 0 aliphatic carbocycles. The smallest absolute Gasteiger partial charge is 0.246 e. The van der Waals surface area contributed by atoms with Gasteiger partial charge in [-0.3, -0.25) is 9.59 Å². The number of nitrogens with zero attached hydrogens (tertiary/aromatic N) is 1. The van der Waals surface area contributed by atoms with Crippen molar-refractivity contribution in [2.45, 2.75) is 6.92 Å². The number of benzene rings is 2. The highest BCUT2D eigenvalue weighted by molar-refractivity contribution is 5.98. The summed E-state index contributed by atoms with van der Waals surface area (Å²) in [6.45, 7) is 1.83. The average Bonchev–Trinajstić information content (AvgIpc) is 2.61. The normalized spacial score (nSPS) is 10.6. The second-order valence-electron chi connectivity index (χ2n) is 5.83. The minimum atomic E-state index is -0.382. The first-order valence-electron chi connectivity index (χ1n) is 8.02. The van der Waals surface area contributed by atoms with Crippen molar-refractivity contribution in [2.75, 3.05) is 26.0 Å². The van der Waals surface area contributed by atoms with Gasteiger partial charge in [0.25, 0.3) is 0 Å². The second kappa shape index (κ2) is 8.80. The summed E-state index contributed by atoms with van der Waals surface area (Å²) in [5, 5.41) is 2.61. The predicted molar refractivity (Wildman–Crippen MR) is 99.4 cm³/mol. The SMILES string of the molecule is COc1ccc(C)cc1C=CC(=O)N(C)CC(=O)Nc1ccc(F)cc1. The fourth-order valence-corrected chi connectivity index (χ4v) is 2.30. The van der Waals surface area contributed by atoms with Gasteiger partial charge in [0, 0.05) is 24.4 Å². The second-order valence-corrected chi connectivity index (χ2v) is 5.83. The monoisotopic (exact) mass is 356 g/mol. The molecule has 0 spiro atoms. The van der Waals surface area contributed by atoms with Crippen LogP contribution in [0.4, 0.5) is 10.1 Å². The molecule has 1 N–H and O–H groups in total. The molecule has 0 atom stereocenters. The summed E-state index contributed by atoms with van der Waals surface area (Å²) in [6, 6.07) is 11.1. The molecule has 136 valence electrons. The lowest BCUT2D eigenvalue weighted by Crippen LogP contribution is -2.33. The Balaban J connectivity index is 1.95. The van der Waals surface area contributed by atoms with E-state index in [0.717, 1.165) is 11.1 Å². The van der Waals surface area contributed by atoms with Gasteiger partial charge in [0.2, 0.25) is 11.8 Å². The standard InChI is InChI=1S/C20H21FN2O3/c1-14-4-10-18(26-3)15(12-14)5-11-20(25)23(2)13-19(24)22-17-8-6-16(21)7-9-17/h4-12H,13H2,1-3H3,(H,22,24). The summed E-state index contributed by atoms with van der Waals surface area (Å²) in [5.74, 6) is -0.403. The van der Waals surface area contributed by atoms with E-state index in [4.69, 9.17) is 4.74 Å². The van der Waals surface area contributed by atoms with Crippen LogP contribution in [-0.2, 0) is 9.59 Å². The largest absolute Gasteiger partial charge is 0.496 e. The number of carbonyl (C=O) groups excluding carboxylic acids is 2. The Morgan fingerprint density at radius 3 is 2.54 bits per heavy atom. The van der Waals surface area contributed by atoms with E-state index in [9.17, 15) is 14.0 Å². The van der Waals surface area contributed by atoms with E-state index in [-0.39, 0.29) is 24.2 Å². The van der Waals surface area contributed by atoms with Gasteiger partial charge < -0.3 is 15.0 Å². The van der Waals surface area contributed by atoms with Crippen molar-refractivity contribution in [1.29, 1.82) is 0 Å². The van der Waals surface area contributed by atoms with Crippen LogP contribution in [0.3, 0.4) is 0 Å². The molecule has 2 aromatic carbocycles. The molecule has 26 heavy (non-hydrogen) atoms. The highest BCUT2D eigenvalue weighted by Crippen LogP contribution is 2.21. The number of carbonyl (C=O) groups is 2. The van der Waals surface area contributed by atoms with Crippen molar-refractivity contribution in [2.24, 2.45) is 0 Å². The molecule has 0 aromatic heterocycles. The Labute approximate surface area is 152 Å². The van der Waals surface area contributed by atoms with Crippen molar-refractivity contribution in [3.8, 4) is 5.75 Å². The van der Waals surface area contributed by atoms with E-state index in [1.165, 1.54) is 42.3 Å². The molecule has 0 radical (unpaired) electrons. The number of methoxy groups -OCH3 is 1. The van der Waals surface area contributed by atoms with Crippen LogP contribution in [0.1, 0.15) is 11.1 Å². The van der Waals surface area contributed by atoms with E-state index in [1.807, 2.05) is 25.1 Å². The van der Waals surface area contributed by atoms with E-state index in [2.05, 4.69) is 5.32 Å². The van der Waals surface area contributed by atoms with Crippen LogP contribution in [0.5, 0.6) is 5.75 Å². The number of anilines is 1. The maximum absolute atomic E-state index is 12.9. The summed E-state index contributed by atoms with van der Waals surface area (Å²) in [5.41, 5.74) is 2.30. The van der Waals surface area contributed by atoms with Crippen LogP contribution in [0.25, 0.3) is 6.08 Å². The van der Waals surface area contributed by atoms with Crippen molar-refractivity contribution >= 4 is 23.6 Å². The summed E-state index contributed by atoms with van der Waals surface area (Å²) >= 11 is 0. The predicted octanol–water partition coefficient (Wildman–Crippen LogP) is 3.25. The fourth-order valence-electron chi connectivity index (χ4n) is 2.30. The molecular weight excluding hydrogens is 335 g/mol. The number of likely N-dealkylation sites (N-methyl/N-ethyl adjacent to an activating group) is 1. The van der Waals surface area contributed by atoms with Crippen molar-refractivity contribution < 1.29 is 18.7 Å². The molecule has 5 nitrogen and oxygen atoms in total. The van der Waals surface area contributed by atoms with Gasteiger partial charge in [-0.2, -0.15) is 0 Å². The van der Waals surface area contributed by atoms with E-state index < -0.39 is 0 Å². The number of rotatable bonds is 6. The molecule has 0 saturated carbocycles. The van der Waals surface area contributed by atoms with Crippen LogP contribution in [0.2, 0.25) is 0 Å². The van der Waals surface area contributed by atoms with Crippen LogP contribution in [-0.4, -0.2) is 37.4 Å². The van der Waals surface area contributed by atoms with E-state index >= 15 is 0 Å². The third-order valence-corrected chi connectivity index (χ3v) is 3.68. The van der Waals surface area contributed by atoms with Gasteiger partial charge in [-0.15, -0.1) is 0 Å². The lowest BCUT2D eigenvalue weighted by Gasteiger charge is -2.15. The summed E-state index contributed by atoms with van der Waals surface area (Å²) in [6.07, 6.45) is 3.05. The molecule has 2 amide bonds. The third kappa shape index (κ3) is 5.44. The molecule has 0 aliphatic heterocycles. The fraction of sp³-hybridized carbons (Fsp3) is 0.200. The van der Waals surface area contributed by atoms with Crippen LogP contribution in [0, 0.1) is 12.7 Å². The number of aryl methyl sites for hydroxylation is 1. The molecule has 6 heteroatoms. The Bertz CT molecular complexity index is 816. The topological polar surface area (TPSA) is 58.6 Å². The molecule has 0 heterocycles. The molecule has 2 aromatic rings. The molecule has 0 unspecified atom stereocenters. The van der Waals surface area contributed by atoms with E-state index in [1.54, 1.807) is 13.2 Å². The zero-order valence-electron chi connectivity index (χ0n) is 15.0. The lowest BCUT2D eigenvalue weighted by molar-refractivity contribution is -0.129. The Morgan fingerprint density at radius 2 is 1.88 bits per heavy atom. The Hall–Kier alpha value is -3.15. The minimum Gasteiger partial charge on any atom is -0.496 e. The van der Waals surface area contributed by atoms with Crippen molar-refractivity contribution in [3.63, 3.8) is 0 Å². The molecule has 0 fully saturated rings. The molecule has 0 bridgehead atoms. The number of nitrogens with one attached hydrogen (secondary N) is 1. The van der Waals surface area contributed by atoms with Gasteiger partial charge in [-0.1, -0.05) is 11.6 Å². The first-order valence-corrected chi connectivity index (χ1v) is 8.02. The first-order chi connectivity index (χ1) is 12.4. The number of hydrogen-bond donors (Lipinski definition) is 1. The van der Waals surface area contributed by atoms with Gasteiger partial charge in [0.1, 0.15) is 11.6 Å². The Kier molecular flexibility index (Phi) is 6.49. The third-order valence-electron chi connectivity index (χ3n) is 3.68. The summed E-state index contributed by atoms with van der Waals surface area (Å²) in [4.78, 5) is 25.5. The maximum Gasteiger partial charge on any atom is 0.246 e. The number of ether oxygens (including phenoxy) is 1. The van der Waals surface area contributed by atoms with E-state index in [0.29, 0.717) is 11.4 Å². The zero-order valence-corrected chi connectivity index (χ0v) is 15.0. The number of hydrogen-bond acceptors (Lipinski definition) is 3. The number of amides is 2. The van der Waals surface area contributed by atoms with Crippen molar-refractivity contribution in [3.05, 3.63) is 65.5 Å². The molecule has 2 rings (SSSR count). The molecule has 0 saturated heterocycles. The van der Waals surface area contributed by atoms with Gasteiger partial charge in [0.15, 0.2) is 0 Å². The van der Waals surface area contributed by atoms with Gasteiger partial charge in [0.05, 0.1) is 13.7 Å². The molecule has 0 aliphatic rings. The Morgan fingerprint density at radius 1 is 1.19 bits per heavy atom. The van der Waals surface area contributed by atoms with Gasteiger partial charge >= 0.3 is 0 Å². The van der Waals surface area contributed by atoms with Crippen LogP contribution >= 0.6 is 0 Å². The molecular formula is C20H21FN2O3. The lowest BCUT2D eigenvalue weighted by atomic mass is 10.1.